The van der Waals surface area contributed by atoms with Crippen molar-refractivity contribution in [3.63, 3.8) is 0 Å². The molecule has 0 unspecified atom stereocenters. The Hall–Kier alpha value is -4.90. The number of phenols is 1. The van der Waals surface area contributed by atoms with E-state index in [1.807, 2.05) is 22.6 Å². The maximum Gasteiger partial charge on any atom is 0.326 e. The summed E-state index contributed by atoms with van der Waals surface area (Å²) in [5.41, 5.74) is 6.76. The van der Waals surface area contributed by atoms with Crippen molar-refractivity contribution in [3.8, 4) is 5.75 Å². The number of aliphatic carboxylic acids is 4. The zero-order valence-corrected chi connectivity index (χ0v) is 34.8. The van der Waals surface area contributed by atoms with E-state index in [-0.39, 0.29) is 90.2 Å². The molecule has 0 saturated carbocycles. The van der Waals surface area contributed by atoms with Gasteiger partial charge in [-0.05, 0) is 78.1 Å². The average Bonchev–Trinajstić information content (AvgIpc) is 3.26. The average molecular weight is 940 g/mol. The van der Waals surface area contributed by atoms with Gasteiger partial charge in [0.1, 0.15) is 29.9 Å². The third kappa shape index (κ3) is 17.5. The van der Waals surface area contributed by atoms with Crippen molar-refractivity contribution in [1.82, 2.24) is 30.7 Å². The number of amides is 3. The summed E-state index contributed by atoms with van der Waals surface area (Å²) in [4.78, 5) is 93.8. The standard InChI is InChI=1S/C39H54IN7O12/c40-27-20-26(9-11-32(27)48)22-29(36(54)44-30(21-25-6-2-1-3-7-25)37(55)43-28(38(56)57)8-4-5-13-41)42-33(49)12-10-31(39(58)59)47-18-16-45(23-34(50)51)14-15-46(17-19-47)24-35(52)53/h1-3,6-7,9,11,20,28-31,48H,4-5,8,10,12-19,21-24,41H2,(H,42,49)(H,43,55)(H,44,54)(H,50,51)(H,52,53)(H,56,57)(H,58,59)/t28-,29-,30-,31-/m1/s1. The fourth-order valence-electron chi connectivity index (χ4n) is 6.64. The number of nitrogens with one attached hydrogen (secondary N) is 3. The molecule has 1 saturated heterocycles. The first-order valence-electron chi connectivity index (χ1n) is 19.3. The van der Waals surface area contributed by atoms with Gasteiger partial charge in [0.2, 0.25) is 17.7 Å². The molecule has 0 spiro atoms. The van der Waals surface area contributed by atoms with Gasteiger partial charge in [-0.1, -0.05) is 36.4 Å². The second-order valence-corrected chi connectivity index (χ2v) is 15.5. The lowest BCUT2D eigenvalue weighted by Gasteiger charge is -2.30. The quantitative estimate of drug-likeness (QED) is 0.0514. The molecule has 59 heavy (non-hydrogen) atoms. The second kappa shape index (κ2) is 24.9. The van der Waals surface area contributed by atoms with E-state index in [9.17, 15) is 59.1 Å². The van der Waals surface area contributed by atoms with Gasteiger partial charge >= 0.3 is 23.9 Å². The molecule has 10 N–H and O–H groups in total. The van der Waals surface area contributed by atoms with Crippen LogP contribution in [0.4, 0.5) is 0 Å². The third-order valence-corrected chi connectivity index (χ3v) is 10.7. The Morgan fingerprint density at radius 1 is 0.661 bits per heavy atom. The summed E-state index contributed by atoms with van der Waals surface area (Å²) in [7, 11) is 0. The van der Waals surface area contributed by atoms with Crippen molar-refractivity contribution in [2.24, 2.45) is 5.73 Å². The van der Waals surface area contributed by atoms with Crippen LogP contribution in [0.3, 0.4) is 0 Å². The first-order valence-corrected chi connectivity index (χ1v) is 20.3. The number of hydrogen-bond donors (Lipinski definition) is 9. The van der Waals surface area contributed by atoms with Crippen LogP contribution in [0, 0.1) is 3.57 Å². The van der Waals surface area contributed by atoms with E-state index >= 15 is 0 Å². The highest BCUT2D eigenvalue weighted by atomic mass is 127. The number of carboxylic acids is 4. The Morgan fingerprint density at radius 2 is 1.20 bits per heavy atom. The number of rotatable bonds is 23. The van der Waals surface area contributed by atoms with E-state index < -0.39 is 65.8 Å². The van der Waals surface area contributed by atoms with Crippen LogP contribution in [0.5, 0.6) is 5.75 Å². The molecule has 4 atom stereocenters. The molecule has 19 nitrogen and oxygen atoms in total. The van der Waals surface area contributed by atoms with Gasteiger partial charge in [-0.25, -0.2) is 4.79 Å². The first-order chi connectivity index (χ1) is 28.1. The van der Waals surface area contributed by atoms with E-state index in [2.05, 4.69) is 16.0 Å². The van der Waals surface area contributed by atoms with E-state index in [1.165, 1.54) is 6.07 Å². The van der Waals surface area contributed by atoms with Gasteiger partial charge in [0.25, 0.3) is 0 Å². The van der Waals surface area contributed by atoms with Gasteiger partial charge in [-0.3, -0.25) is 43.5 Å². The van der Waals surface area contributed by atoms with E-state index in [1.54, 1.807) is 57.2 Å². The van der Waals surface area contributed by atoms with Crippen molar-refractivity contribution < 1.29 is 59.1 Å². The van der Waals surface area contributed by atoms with Crippen molar-refractivity contribution in [2.75, 3.05) is 58.9 Å². The third-order valence-electron chi connectivity index (χ3n) is 9.81. The molecule has 3 rings (SSSR count). The predicted molar refractivity (Wildman–Crippen MR) is 221 cm³/mol. The summed E-state index contributed by atoms with van der Waals surface area (Å²) in [5.74, 6) is -6.93. The summed E-state index contributed by atoms with van der Waals surface area (Å²) in [6.45, 7) is 0.777. The molecule has 2 aromatic carbocycles. The number of nitrogens with two attached hydrogens (primary N) is 1. The number of aromatic hydroxyl groups is 1. The largest absolute Gasteiger partial charge is 0.507 e. The van der Waals surface area contributed by atoms with Crippen molar-refractivity contribution in [1.29, 1.82) is 0 Å². The lowest BCUT2D eigenvalue weighted by atomic mass is 10.0. The lowest BCUT2D eigenvalue weighted by molar-refractivity contribution is -0.145. The van der Waals surface area contributed by atoms with Crippen LogP contribution in [0.2, 0.25) is 0 Å². The van der Waals surface area contributed by atoms with E-state index in [0.717, 1.165) is 0 Å². The van der Waals surface area contributed by atoms with Crippen LogP contribution in [-0.4, -0.2) is 165 Å². The minimum Gasteiger partial charge on any atom is -0.507 e. The van der Waals surface area contributed by atoms with Gasteiger partial charge in [0, 0.05) is 58.5 Å². The zero-order valence-electron chi connectivity index (χ0n) is 32.6. The molecule has 0 bridgehead atoms. The van der Waals surface area contributed by atoms with Crippen LogP contribution >= 0.6 is 22.6 Å². The SMILES string of the molecule is NCCCC[C@@H](NC(=O)[C@@H](Cc1ccccc1)NC(=O)[C@@H](Cc1ccc(O)c(I)c1)NC(=O)CC[C@H](C(=O)O)N1CCN(CC(=O)O)CCN(CC(=O)O)CC1)C(=O)O. The first kappa shape index (κ1) is 48.5. The van der Waals surface area contributed by atoms with Gasteiger partial charge in [0.05, 0.1) is 16.7 Å². The van der Waals surface area contributed by atoms with Gasteiger partial charge in [0.15, 0.2) is 0 Å². The molecule has 20 heteroatoms. The van der Waals surface area contributed by atoms with Crippen LogP contribution in [0.1, 0.15) is 43.2 Å². The highest BCUT2D eigenvalue weighted by Crippen LogP contribution is 2.21. The zero-order chi connectivity index (χ0) is 43.5. The monoisotopic (exact) mass is 939 g/mol. The van der Waals surface area contributed by atoms with Crippen LogP contribution < -0.4 is 21.7 Å². The highest BCUT2D eigenvalue weighted by Gasteiger charge is 2.32. The number of benzene rings is 2. The van der Waals surface area contributed by atoms with Crippen molar-refractivity contribution >= 4 is 64.2 Å². The number of carbonyl (C=O) groups excluding carboxylic acids is 3. The van der Waals surface area contributed by atoms with Crippen molar-refractivity contribution in [2.45, 2.75) is 69.1 Å². The number of phenolic OH excluding ortho intramolecular Hbond substituents is 1. The molecule has 324 valence electrons. The summed E-state index contributed by atoms with van der Waals surface area (Å²) in [6.07, 6.45) is 0.397. The van der Waals surface area contributed by atoms with E-state index in [4.69, 9.17) is 5.73 Å². The minimum atomic E-state index is -1.31. The molecular weight excluding hydrogens is 885 g/mol. The number of carbonyl (C=O) groups is 7. The fourth-order valence-corrected chi connectivity index (χ4v) is 7.22. The Morgan fingerprint density at radius 3 is 1.73 bits per heavy atom. The topological polar surface area (TPSA) is 292 Å². The summed E-state index contributed by atoms with van der Waals surface area (Å²) in [6, 6.07) is 8.27. The molecule has 0 aliphatic carbocycles. The molecule has 1 heterocycles. The summed E-state index contributed by atoms with van der Waals surface area (Å²) < 4.78 is 0.471. The van der Waals surface area contributed by atoms with Gasteiger partial charge < -0.3 is 47.2 Å². The number of carboxylic acid groups (broad SMARTS) is 4. The van der Waals surface area contributed by atoms with Gasteiger partial charge in [-0.2, -0.15) is 0 Å². The number of hydrogen-bond acceptors (Lipinski definition) is 12. The van der Waals surface area contributed by atoms with Crippen LogP contribution in [0.15, 0.2) is 48.5 Å². The van der Waals surface area contributed by atoms with Gasteiger partial charge in [-0.15, -0.1) is 0 Å². The summed E-state index contributed by atoms with van der Waals surface area (Å²) >= 11 is 1.91. The smallest absolute Gasteiger partial charge is 0.326 e. The lowest BCUT2D eigenvalue weighted by Crippen LogP contribution is -2.57. The molecule has 2 aromatic rings. The Kier molecular flexibility index (Phi) is 20.4. The van der Waals surface area contributed by atoms with Crippen LogP contribution in [0.25, 0.3) is 0 Å². The molecule has 1 aliphatic heterocycles. The second-order valence-electron chi connectivity index (χ2n) is 14.3. The minimum absolute atomic E-state index is 0.00442. The Balaban J connectivity index is 1.85. The predicted octanol–water partition coefficient (Wildman–Crippen LogP) is -0.228. The molecule has 0 aromatic heterocycles. The molecule has 0 radical (unpaired) electrons. The normalized spacial score (nSPS) is 16.2. The number of halogens is 1. The van der Waals surface area contributed by atoms with Crippen molar-refractivity contribution in [3.05, 3.63) is 63.2 Å². The highest BCUT2D eigenvalue weighted by molar-refractivity contribution is 14.1. The maximum absolute atomic E-state index is 14.1. The molecule has 3 amide bonds. The number of nitrogens with zero attached hydrogens (tertiary/aromatic N) is 3. The van der Waals surface area contributed by atoms with E-state index in [0.29, 0.717) is 34.1 Å². The Bertz CT molecular complexity index is 1730. The summed E-state index contributed by atoms with van der Waals surface area (Å²) in [5, 5.41) is 56.9. The maximum atomic E-state index is 14.1. The number of unbranched alkanes of at least 4 members (excludes halogenated alkanes) is 1. The molecule has 1 fully saturated rings. The molecular formula is C39H54IN7O12. The Labute approximate surface area is 355 Å². The van der Waals surface area contributed by atoms with Crippen LogP contribution in [-0.2, 0) is 46.4 Å². The fraction of sp³-hybridized carbons (Fsp3) is 0.513. The molecule has 1 aliphatic rings.